The van der Waals surface area contributed by atoms with Crippen LogP contribution in [0.2, 0.25) is 5.15 Å². The summed E-state index contributed by atoms with van der Waals surface area (Å²) in [5, 5.41) is 16.9. The maximum Gasteiger partial charge on any atom is 1.00 e. The molecular formula is C11H11ClCs2N2O6. The molecule has 1 amide bonds. The van der Waals surface area contributed by atoms with Crippen LogP contribution in [0.4, 0.5) is 10.5 Å². The zero-order valence-corrected chi connectivity index (χ0v) is 26.0. The van der Waals surface area contributed by atoms with E-state index in [1.165, 1.54) is 25.0 Å². The van der Waals surface area contributed by atoms with Gasteiger partial charge in [0.15, 0.2) is 0 Å². The smallest absolute Gasteiger partial charge is 0.652 e. The molecular weight excluding hydrogens is 557 g/mol. The molecule has 8 nitrogen and oxygen atoms in total. The summed E-state index contributed by atoms with van der Waals surface area (Å²) in [4.78, 5) is 35.3. The van der Waals surface area contributed by atoms with Crippen LogP contribution in [-0.4, -0.2) is 37.0 Å². The molecule has 1 heterocycles. The summed E-state index contributed by atoms with van der Waals surface area (Å²) in [6, 6.07) is 3.10. The molecule has 0 radical (unpaired) electrons. The fraction of sp³-hybridized carbons (Fsp3) is 0.273. The topological polar surface area (TPSA) is 123 Å². The van der Waals surface area contributed by atoms with Gasteiger partial charge in [-0.2, -0.15) is 4.98 Å². The van der Waals surface area contributed by atoms with Crippen LogP contribution in [0.3, 0.4) is 0 Å². The summed E-state index contributed by atoms with van der Waals surface area (Å²) in [6.45, 7) is 1.37. The zero-order valence-electron chi connectivity index (χ0n) is 12.7. The average molecular weight is 568 g/mol. The van der Waals surface area contributed by atoms with Gasteiger partial charge in [0.05, 0.1) is 13.7 Å². The maximum absolute atomic E-state index is 11.0. The number of ketones is 1. The third-order valence-electron chi connectivity index (χ3n) is 1.83. The molecule has 0 unspecified atom stereocenters. The standard InChI is InChI=1S/C10H11ClN2O3.CH2O3.2Cs/c1-7(15)5-13(6-14)8-3-4-9(11)12-10(8)16-2;2-1(3)4;;/h3-4,6H,5H2,1-2H3;(H2,2,3,4);;/q;;2*+1/p-2. The molecule has 1 rings (SSSR count). The van der Waals surface area contributed by atoms with Gasteiger partial charge in [-0.05, 0) is 25.2 Å². The van der Waals surface area contributed by atoms with Crippen LogP contribution in [-0.2, 0) is 9.59 Å². The molecule has 11 heteroatoms. The minimum atomic E-state index is -2.33. The molecule has 0 atom stereocenters. The predicted molar refractivity (Wildman–Crippen MR) is 65.3 cm³/mol. The molecule has 0 bridgehead atoms. The van der Waals surface area contributed by atoms with Gasteiger partial charge in [0.1, 0.15) is 16.6 Å². The normalized spacial score (nSPS) is 8.14. The Morgan fingerprint density at radius 1 is 1.36 bits per heavy atom. The first-order chi connectivity index (χ1) is 9.31. The van der Waals surface area contributed by atoms with Crippen molar-refractivity contribution in [2.24, 2.45) is 0 Å². The molecule has 1 aromatic heterocycles. The van der Waals surface area contributed by atoms with Crippen molar-refractivity contribution in [3.05, 3.63) is 17.3 Å². The van der Waals surface area contributed by atoms with E-state index >= 15 is 0 Å². The van der Waals surface area contributed by atoms with E-state index in [2.05, 4.69) is 4.98 Å². The Morgan fingerprint density at radius 3 is 2.23 bits per heavy atom. The zero-order chi connectivity index (χ0) is 15.7. The molecule has 0 aliphatic carbocycles. The van der Waals surface area contributed by atoms with Crippen molar-refractivity contribution in [3.8, 4) is 5.88 Å². The van der Waals surface area contributed by atoms with E-state index in [9.17, 15) is 9.59 Å². The van der Waals surface area contributed by atoms with Crippen LogP contribution < -0.4 is 158 Å². The van der Waals surface area contributed by atoms with E-state index in [-0.39, 0.29) is 161 Å². The largest absolute Gasteiger partial charge is 1.00 e. The monoisotopic (exact) mass is 568 g/mol. The third-order valence-corrected chi connectivity index (χ3v) is 2.04. The van der Waals surface area contributed by atoms with E-state index in [4.69, 9.17) is 31.3 Å². The maximum atomic E-state index is 11.0. The fourth-order valence-corrected chi connectivity index (χ4v) is 1.34. The summed E-state index contributed by atoms with van der Waals surface area (Å²) in [5.41, 5.74) is 0.414. The second kappa shape index (κ2) is 16.2. The van der Waals surface area contributed by atoms with Gasteiger partial charge in [-0.25, -0.2) is 0 Å². The first-order valence-electron chi connectivity index (χ1n) is 5.11. The molecule has 0 aliphatic rings. The molecule has 0 spiro atoms. The van der Waals surface area contributed by atoms with Crippen molar-refractivity contribution in [3.63, 3.8) is 0 Å². The first kappa shape index (κ1) is 28.6. The second-order valence-corrected chi connectivity index (χ2v) is 3.73. The summed E-state index contributed by atoms with van der Waals surface area (Å²) < 4.78 is 4.98. The Hall–Kier alpha value is 1.75. The number of Topliss-reactive ketones (excluding diaryl/α,β-unsaturated/α-hetero) is 1. The Kier molecular flexibility index (Phi) is 21.1. The van der Waals surface area contributed by atoms with Gasteiger partial charge in [0, 0.05) is 0 Å². The number of amides is 1. The number of nitrogens with zero attached hydrogens (tertiary/aromatic N) is 2. The third kappa shape index (κ3) is 13.1. The van der Waals surface area contributed by atoms with E-state index in [1.54, 1.807) is 6.07 Å². The van der Waals surface area contributed by atoms with Crippen molar-refractivity contribution in [2.45, 2.75) is 6.92 Å². The minimum absolute atomic E-state index is 0. The molecule has 0 aromatic carbocycles. The molecule has 110 valence electrons. The molecule has 0 saturated carbocycles. The van der Waals surface area contributed by atoms with Crippen molar-refractivity contribution in [1.82, 2.24) is 4.98 Å². The molecule has 0 N–H and O–H groups in total. The van der Waals surface area contributed by atoms with Gasteiger partial charge in [-0.15, -0.1) is 0 Å². The fourth-order valence-electron chi connectivity index (χ4n) is 1.20. The SMILES string of the molecule is COc1nc(Cl)ccc1N(C=O)CC(C)=O.O=C([O-])[O-].[Cs+].[Cs+]. The Balaban J connectivity index is -0.000000538. The number of aromatic nitrogens is 1. The van der Waals surface area contributed by atoms with Crippen molar-refractivity contribution in [2.75, 3.05) is 18.6 Å². The molecule has 22 heavy (non-hydrogen) atoms. The number of carbonyl (C=O) groups is 3. The molecule has 0 saturated heterocycles. The van der Waals surface area contributed by atoms with E-state index in [1.807, 2.05) is 0 Å². The van der Waals surface area contributed by atoms with E-state index in [0.29, 0.717) is 12.1 Å². The number of methoxy groups -OCH3 is 1. The number of pyridine rings is 1. The Morgan fingerprint density at radius 2 is 1.86 bits per heavy atom. The van der Waals surface area contributed by atoms with Gasteiger partial charge in [0.25, 0.3) is 0 Å². The first-order valence-corrected chi connectivity index (χ1v) is 5.49. The minimum Gasteiger partial charge on any atom is -0.652 e. The van der Waals surface area contributed by atoms with Crippen LogP contribution in [0.5, 0.6) is 5.88 Å². The summed E-state index contributed by atoms with van der Waals surface area (Å²) in [5.74, 6) is 0.0740. The Labute approximate surface area is 250 Å². The molecule has 0 aliphatic heterocycles. The van der Waals surface area contributed by atoms with Crippen LogP contribution >= 0.6 is 11.6 Å². The van der Waals surface area contributed by atoms with Crippen LogP contribution in [0.1, 0.15) is 6.92 Å². The predicted octanol–water partition coefficient (Wildman–Crippen LogP) is -7.14. The quantitative estimate of drug-likeness (QED) is 0.256. The van der Waals surface area contributed by atoms with Crippen LogP contribution in [0.25, 0.3) is 0 Å². The number of rotatable bonds is 5. The van der Waals surface area contributed by atoms with Crippen LogP contribution in [0.15, 0.2) is 12.1 Å². The Bertz CT molecular complexity index is 499. The molecule has 0 fully saturated rings. The number of halogens is 1. The van der Waals surface area contributed by atoms with Crippen molar-refractivity contribution < 1.29 is 167 Å². The summed E-state index contributed by atoms with van der Waals surface area (Å²) >= 11 is 5.68. The number of ether oxygens (including phenoxy) is 1. The van der Waals surface area contributed by atoms with Gasteiger partial charge in [-0.1, -0.05) is 11.6 Å². The summed E-state index contributed by atoms with van der Waals surface area (Å²) in [7, 11) is 1.42. The van der Waals surface area contributed by atoms with Crippen molar-refractivity contribution in [1.29, 1.82) is 0 Å². The second-order valence-electron chi connectivity index (χ2n) is 3.35. The number of hydrogen-bond donors (Lipinski definition) is 0. The van der Waals surface area contributed by atoms with Gasteiger partial charge in [-0.3, -0.25) is 9.59 Å². The van der Waals surface area contributed by atoms with Gasteiger partial charge in [0.2, 0.25) is 12.3 Å². The van der Waals surface area contributed by atoms with E-state index < -0.39 is 6.16 Å². The summed E-state index contributed by atoms with van der Waals surface area (Å²) in [6.07, 6.45) is -1.78. The van der Waals surface area contributed by atoms with Gasteiger partial charge >= 0.3 is 138 Å². The van der Waals surface area contributed by atoms with Gasteiger partial charge < -0.3 is 24.6 Å². The van der Waals surface area contributed by atoms with Crippen LogP contribution in [0, 0.1) is 0 Å². The number of anilines is 1. The number of carbonyl (C=O) groups excluding carboxylic acids is 3. The van der Waals surface area contributed by atoms with E-state index in [0.717, 1.165) is 0 Å². The number of hydrogen-bond acceptors (Lipinski definition) is 7. The molecule has 1 aromatic rings. The average Bonchev–Trinajstić information content (AvgIpc) is 2.35. The van der Waals surface area contributed by atoms with Crippen molar-refractivity contribution >= 4 is 35.6 Å². The number of carboxylic acid groups (broad SMARTS) is 2.